The molecule has 17 heteroatoms. The lowest BCUT2D eigenvalue weighted by Crippen LogP contribution is -2.35. The third kappa shape index (κ3) is 5.48. The van der Waals surface area contributed by atoms with Crippen LogP contribution in [0.1, 0.15) is 36.5 Å². The number of hydroxylamine groups is 2. The maximum absolute atomic E-state index is 13.9. The van der Waals surface area contributed by atoms with Crippen molar-refractivity contribution in [2.24, 2.45) is 23.2 Å². The number of hydrogen-bond donors (Lipinski definition) is 1. The molecule has 10 nitrogen and oxygen atoms in total. The average molecular weight is 670 g/mol. The van der Waals surface area contributed by atoms with Crippen molar-refractivity contribution >= 4 is 50.9 Å². The molecule has 244 valence electrons. The molecular formula is C29H25F6N5O5S. The van der Waals surface area contributed by atoms with E-state index in [1.54, 1.807) is 6.07 Å². The van der Waals surface area contributed by atoms with Crippen LogP contribution in [0.2, 0.25) is 0 Å². The smallest absolute Gasteiger partial charge is 0.361 e. The molecule has 2 saturated heterocycles. The molecular weight excluding hydrogens is 644 g/mol. The number of pyridine rings is 2. The van der Waals surface area contributed by atoms with E-state index in [-0.39, 0.29) is 77.6 Å². The highest BCUT2D eigenvalue weighted by Crippen LogP contribution is 2.63. The predicted octanol–water partition coefficient (Wildman–Crippen LogP) is 5.11. The van der Waals surface area contributed by atoms with Gasteiger partial charge in [0.25, 0.3) is 0 Å². The van der Waals surface area contributed by atoms with Gasteiger partial charge in [0, 0.05) is 35.3 Å². The van der Waals surface area contributed by atoms with Crippen LogP contribution in [0.3, 0.4) is 0 Å². The highest BCUT2D eigenvalue weighted by atomic mass is 32.1. The average Bonchev–Trinajstić information content (AvgIpc) is 3.36. The van der Waals surface area contributed by atoms with Crippen LogP contribution in [0, 0.1) is 30.1 Å². The molecule has 1 saturated carbocycles. The second-order valence-electron chi connectivity index (χ2n) is 12.1. The minimum atomic E-state index is -5.23. The van der Waals surface area contributed by atoms with Gasteiger partial charge in [-0.15, -0.1) is 16.4 Å². The first-order valence-electron chi connectivity index (χ1n) is 14.0. The topological polar surface area (TPSA) is 122 Å². The molecule has 3 amide bonds. The monoisotopic (exact) mass is 669 g/mol. The Bertz CT molecular complexity index is 1780. The van der Waals surface area contributed by atoms with Crippen molar-refractivity contribution in [2.45, 2.75) is 46.1 Å². The molecule has 0 radical (unpaired) electrons. The van der Waals surface area contributed by atoms with Gasteiger partial charge in [-0.05, 0) is 37.0 Å². The third-order valence-electron chi connectivity index (χ3n) is 8.66. The van der Waals surface area contributed by atoms with Crippen molar-refractivity contribution < 1.29 is 50.4 Å². The summed E-state index contributed by atoms with van der Waals surface area (Å²) in [4.78, 5) is 64.2. The van der Waals surface area contributed by atoms with Gasteiger partial charge in [-0.1, -0.05) is 13.8 Å². The van der Waals surface area contributed by atoms with Gasteiger partial charge in [-0.2, -0.15) is 26.3 Å². The van der Waals surface area contributed by atoms with Crippen LogP contribution in [0.4, 0.5) is 32.0 Å². The summed E-state index contributed by atoms with van der Waals surface area (Å²) in [5, 5.41) is 3.30. The van der Waals surface area contributed by atoms with E-state index in [0.29, 0.717) is 20.2 Å². The van der Waals surface area contributed by atoms with Crippen LogP contribution in [-0.2, 0) is 36.7 Å². The van der Waals surface area contributed by atoms with E-state index in [0.717, 1.165) is 17.4 Å². The van der Waals surface area contributed by atoms with Crippen molar-refractivity contribution in [3.63, 3.8) is 0 Å². The number of nitrogens with zero attached hydrogens (tertiary/aromatic N) is 4. The van der Waals surface area contributed by atoms with Gasteiger partial charge < -0.3 is 10.2 Å². The second kappa shape index (κ2) is 10.7. The van der Waals surface area contributed by atoms with Crippen molar-refractivity contribution in [3.8, 4) is 11.1 Å². The highest BCUT2D eigenvalue weighted by Gasteiger charge is 2.72. The Morgan fingerprint density at radius 2 is 1.76 bits per heavy atom. The zero-order valence-electron chi connectivity index (χ0n) is 24.4. The molecule has 3 fully saturated rings. The number of alkyl halides is 6. The minimum Gasteiger partial charge on any atom is -0.361 e. The van der Waals surface area contributed by atoms with Crippen molar-refractivity contribution in [2.75, 3.05) is 18.4 Å². The van der Waals surface area contributed by atoms with Gasteiger partial charge in [0.1, 0.15) is 5.69 Å². The first-order valence-corrected chi connectivity index (χ1v) is 14.9. The molecule has 6 rings (SSSR count). The summed E-state index contributed by atoms with van der Waals surface area (Å²) in [6.45, 7) is 4.44. The maximum atomic E-state index is 13.9. The number of fused-ring (bicyclic) bond motifs is 2. The lowest BCUT2D eigenvalue weighted by atomic mass is 10.0. The zero-order chi connectivity index (χ0) is 33.5. The molecule has 3 aromatic rings. The lowest BCUT2D eigenvalue weighted by molar-refractivity contribution is -0.235. The molecule has 3 aromatic heterocycles. The van der Waals surface area contributed by atoms with Crippen molar-refractivity contribution in [3.05, 3.63) is 40.7 Å². The molecule has 0 aromatic carbocycles. The Balaban J connectivity index is 1.30. The second-order valence-corrected chi connectivity index (χ2v) is 13.2. The Labute approximate surface area is 260 Å². The number of aryl methyl sites for hydroxylation is 1. The summed E-state index contributed by atoms with van der Waals surface area (Å²) >= 11 is 1.14. The minimum absolute atomic E-state index is 0.0139. The first kappa shape index (κ1) is 31.8. The zero-order valence-corrected chi connectivity index (χ0v) is 25.2. The Morgan fingerprint density at radius 3 is 2.39 bits per heavy atom. The van der Waals surface area contributed by atoms with Gasteiger partial charge in [0.05, 0.1) is 45.9 Å². The van der Waals surface area contributed by atoms with Crippen LogP contribution in [0.15, 0.2) is 24.4 Å². The molecule has 2 aliphatic heterocycles. The number of rotatable bonds is 6. The summed E-state index contributed by atoms with van der Waals surface area (Å²) in [5.74, 6) is -5.40. The molecule has 3 aliphatic rings. The van der Waals surface area contributed by atoms with Gasteiger partial charge in [0.2, 0.25) is 17.7 Å². The molecule has 3 atom stereocenters. The van der Waals surface area contributed by atoms with Crippen LogP contribution in [0.5, 0.6) is 0 Å². The summed E-state index contributed by atoms with van der Waals surface area (Å²) in [7, 11) is 0. The van der Waals surface area contributed by atoms with Crippen LogP contribution in [0.25, 0.3) is 21.3 Å². The van der Waals surface area contributed by atoms with Gasteiger partial charge in [-0.3, -0.25) is 24.3 Å². The number of imide groups is 1. The fraction of sp³-hybridized carbons (Fsp3) is 0.448. The molecule has 46 heavy (non-hydrogen) atoms. The number of piperidine rings is 1. The van der Waals surface area contributed by atoms with Crippen LogP contribution in [-0.4, -0.2) is 62.9 Å². The fourth-order valence-corrected chi connectivity index (χ4v) is 7.33. The summed E-state index contributed by atoms with van der Waals surface area (Å²) in [6, 6.07) is 3.89. The van der Waals surface area contributed by atoms with E-state index < -0.39 is 35.8 Å². The largest absolute Gasteiger partial charge is 0.492 e. The van der Waals surface area contributed by atoms with E-state index in [2.05, 4.69) is 20.1 Å². The Morgan fingerprint density at radius 1 is 1.09 bits per heavy atom. The Hall–Kier alpha value is -4.12. The lowest BCUT2D eigenvalue weighted by Gasteiger charge is -2.19. The first-order chi connectivity index (χ1) is 21.4. The summed E-state index contributed by atoms with van der Waals surface area (Å²) < 4.78 is 79.9. The third-order valence-corrected chi connectivity index (χ3v) is 9.81. The van der Waals surface area contributed by atoms with Crippen LogP contribution >= 0.6 is 11.3 Å². The van der Waals surface area contributed by atoms with Gasteiger partial charge in [-0.25, -0.2) is 9.78 Å². The number of anilines is 1. The number of amides is 3. The SMILES string of the molecule is Cc1nc(C(F)(F)F)cc(-c2ccnc3cc(CN4C(=O)C5C(C4=O)C5(C)C)sc23)c1NC(=O)C1CCN(OC(=O)C(F)(F)F)C1. The number of carbonyl (C=O) groups excluding carboxylic acids is 4. The molecule has 5 heterocycles. The fourth-order valence-electron chi connectivity index (χ4n) is 6.20. The number of nitrogens with one attached hydrogen (secondary N) is 1. The van der Waals surface area contributed by atoms with Crippen LogP contribution < -0.4 is 5.32 Å². The van der Waals surface area contributed by atoms with Crippen molar-refractivity contribution in [1.29, 1.82) is 0 Å². The van der Waals surface area contributed by atoms with Crippen molar-refractivity contribution in [1.82, 2.24) is 19.9 Å². The van der Waals surface area contributed by atoms with E-state index in [9.17, 15) is 45.5 Å². The molecule has 0 bridgehead atoms. The molecule has 3 unspecified atom stereocenters. The van der Waals surface area contributed by atoms with Gasteiger partial charge in [0.15, 0.2) is 0 Å². The molecule has 1 aliphatic carbocycles. The number of carbonyl (C=O) groups is 4. The quantitative estimate of drug-likeness (QED) is 0.284. The maximum Gasteiger partial charge on any atom is 0.492 e. The summed E-state index contributed by atoms with van der Waals surface area (Å²) in [5.41, 5.74) is -1.22. The van der Waals surface area contributed by atoms with Gasteiger partial charge >= 0.3 is 18.3 Å². The predicted molar refractivity (Wildman–Crippen MR) is 149 cm³/mol. The standard InChI is InChI=1S/C29H25F6N5O5S/c1-12-21(38-23(41)13-5-7-39(10-13)45-26(44)29(33,34)35)16(9-18(37-12)28(30,31)32)15-4-6-36-17-8-14(46-22(15)17)11-40-24(42)19-20(25(40)43)27(19,2)3/h4,6,8-9,13,19-20H,5,7,10-11H2,1-3H3,(H,38,41). The van der Waals surface area contributed by atoms with E-state index >= 15 is 0 Å². The molecule has 0 spiro atoms. The number of aromatic nitrogens is 2. The van der Waals surface area contributed by atoms with E-state index in [1.165, 1.54) is 24.1 Å². The highest BCUT2D eigenvalue weighted by molar-refractivity contribution is 7.19. The Kier molecular flexibility index (Phi) is 7.42. The number of hydrogen-bond acceptors (Lipinski definition) is 9. The molecule has 1 N–H and O–H groups in total. The van der Waals surface area contributed by atoms with E-state index in [1.807, 2.05) is 13.8 Å². The normalized spacial score (nSPS) is 22.8. The number of likely N-dealkylation sites (tertiary alicyclic amines) is 1. The summed E-state index contributed by atoms with van der Waals surface area (Å²) in [6.07, 6.45) is -8.68. The van der Waals surface area contributed by atoms with E-state index in [4.69, 9.17) is 0 Å². The number of halogens is 6. The number of thiophene rings is 1.